The topological polar surface area (TPSA) is 98.7 Å². The van der Waals surface area contributed by atoms with Crippen LogP contribution in [0.3, 0.4) is 0 Å². The summed E-state index contributed by atoms with van der Waals surface area (Å²) in [6.07, 6.45) is 0.734. The van der Waals surface area contributed by atoms with Gasteiger partial charge in [0.2, 0.25) is 17.7 Å². The molecule has 0 saturated carbocycles. The molecular weight excluding hydrogens is 534 g/mol. The van der Waals surface area contributed by atoms with Gasteiger partial charge in [-0.1, -0.05) is 67.6 Å². The van der Waals surface area contributed by atoms with E-state index < -0.39 is 28.7 Å². The van der Waals surface area contributed by atoms with E-state index in [1.807, 2.05) is 92.7 Å². The van der Waals surface area contributed by atoms with Gasteiger partial charge in [-0.15, -0.1) is 11.8 Å². The van der Waals surface area contributed by atoms with Crippen molar-refractivity contribution in [2.45, 2.75) is 49.3 Å². The number of carbonyl (C=O) groups excluding carboxylic acids is 3. The zero-order valence-electron chi connectivity index (χ0n) is 23.4. The van der Waals surface area contributed by atoms with E-state index in [1.54, 1.807) is 16.7 Å². The van der Waals surface area contributed by atoms with Crippen molar-refractivity contribution in [3.8, 4) is 0 Å². The average molecular weight is 570 g/mol. The molecule has 0 aliphatic carbocycles. The SMILES string of the molecule is Cc1ccc(C)c(NC(=O)C2N([C@H](CO)c3ccccc3)C(=O)[C@@H]3[C@H](C(=O)Nc4ccccc4)[C@@H]4CC(C)C23S4)c1. The lowest BCUT2D eigenvalue weighted by Crippen LogP contribution is -2.55. The van der Waals surface area contributed by atoms with Crippen molar-refractivity contribution < 1.29 is 19.5 Å². The Morgan fingerprint density at radius 3 is 2.37 bits per heavy atom. The van der Waals surface area contributed by atoms with E-state index in [0.29, 0.717) is 11.4 Å². The van der Waals surface area contributed by atoms with Crippen LogP contribution in [0.5, 0.6) is 0 Å². The van der Waals surface area contributed by atoms with Gasteiger partial charge in [-0.3, -0.25) is 14.4 Å². The number of aliphatic hydroxyl groups is 1. The maximum absolute atomic E-state index is 14.6. The molecule has 3 aromatic rings. The summed E-state index contributed by atoms with van der Waals surface area (Å²) in [7, 11) is 0. The van der Waals surface area contributed by atoms with Crippen LogP contribution in [0, 0.1) is 31.6 Å². The average Bonchev–Trinajstić information content (AvgIpc) is 3.56. The number of fused-ring (bicyclic) bond motifs is 1. The standard InChI is InChI=1S/C33H35N3O4S/c1-19-14-15-20(2)24(16-19)35-31(39)29-33-21(3)17-26(41-33)27(30(38)34-23-12-8-5-9-13-23)28(33)32(40)36(29)25(18-37)22-10-6-4-7-11-22/h4-16,21,25-29,37H,17-18H2,1-3H3,(H,34,38)(H,35,39)/t21?,25-,26+,27-,28+,29?,33?/m1/s1. The first-order chi connectivity index (χ1) is 19.8. The number of aryl methyl sites for hydroxylation is 2. The van der Waals surface area contributed by atoms with Crippen molar-refractivity contribution in [3.05, 3.63) is 95.6 Å². The minimum absolute atomic E-state index is 0.0155. The maximum atomic E-state index is 14.6. The Labute approximate surface area is 244 Å². The molecule has 1 spiro atoms. The van der Waals surface area contributed by atoms with Gasteiger partial charge in [-0.2, -0.15) is 0 Å². The van der Waals surface area contributed by atoms with Crippen molar-refractivity contribution in [1.29, 1.82) is 0 Å². The van der Waals surface area contributed by atoms with Crippen LogP contribution < -0.4 is 10.6 Å². The number of anilines is 2. The molecule has 0 radical (unpaired) electrons. The summed E-state index contributed by atoms with van der Waals surface area (Å²) in [6, 6.07) is 22.9. The van der Waals surface area contributed by atoms with Crippen LogP contribution in [0.25, 0.3) is 0 Å². The van der Waals surface area contributed by atoms with Crippen molar-refractivity contribution >= 4 is 40.9 Å². The van der Waals surface area contributed by atoms with Crippen LogP contribution in [0.4, 0.5) is 11.4 Å². The smallest absolute Gasteiger partial charge is 0.248 e. The molecule has 3 aromatic carbocycles. The third-order valence-electron chi connectivity index (χ3n) is 9.12. The van der Waals surface area contributed by atoms with Crippen molar-refractivity contribution in [3.63, 3.8) is 0 Å². The first-order valence-corrected chi connectivity index (χ1v) is 15.0. The zero-order valence-corrected chi connectivity index (χ0v) is 24.2. The first kappa shape index (κ1) is 27.5. The molecule has 6 rings (SSSR count). The lowest BCUT2D eigenvalue weighted by molar-refractivity contribution is -0.141. The van der Waals surface area contributed by atoms with Crippen LogP contribution in [-0.4, -0.2) is 50.4 Å². The molecule has 212 valence electrons. The quantitative estimate of drug-likeness (QED) is 0.374. The van der Waals surface area contributed by atoms with E-state index in [9.17, 15) is 19.5 Å². The summed E-state index contributed by atoms with van der Waals surface area (Å²) >= 11 is 1.62. The van der Waals surface area contributed by atoms with Gasteiger partial charge in [-0.05, 0) is 61.1 Å². The third kappa shape index (κ3) is 4.44. The normalized spacial score (nSPS) is 28.8. The van der Waals surface area contributed by atoms with E-state index in [-0.39, 0.29) is 35.5 Å². The highest BCUT2D eigenvalue weighted by Crippen LogP contribution is 2.69. The van der Waals surface area contributed by atoms with E-state index in [2.05, 4.69) is 17.6 Å². The van der Waals surface area contributed by atoms with Gasteiger partial charge in [0.15, 0.2) is 0 Å². The third-order valence-corrected chi connectivity index (χ3v) is 11.2. The number of hydrogen-bond donors (Lipinski definition) is 3. The molecule has 41 heavy (non-hydrogen) atoms. The Kier molecular flexibility index (Phi) is 7.16. The number of amides is 3. The number of rotatable bonds is 7. The molecule has 7 atom stereocenters. The second-order valence-corrected chi connectivity index (χ2v) is 13.1. The van der Waals surface area contributed by atoms with Gasteiger partial charge in [0, 0.05) is 16.6 Å². The van der Waals surface area contributed by atoms with E-state index in [0.717, 1.165) is 23.1 Å². The van der Waals surface area contributed by atoms with Crippen molar-refractivity contribution in [2.24, 2.45) is 17.8 Å². The molecule has 3 fully saturated rings. The fraction of sp³-hybridized carbons (Fsp3) is 0.364. The summed E-state index contributed by atoms with van der Waals surface area (Å²) < 4.78 is -0.801. The predicted molar refractivity (Wildman–Crippen MR) is 161 cm³/mol. The highest BCUT2D eigenvalue weighted by atomic mass is 32.2. The zero-order chi connectivity index (χ0) is 28.9. The van der Waals surface area contributed by atoms with Crippen molar-refractivity contribution in [1.82, 2.24) is 4.90 Å². The van der Waals surface area contributed by atoms with E-state index in [4.69, 9.17) is 0 Å². The van der Waals surface area contributed by atoms with Crippen LogP contribution in [0.2, 0.25) is 0 Å². The fourth-order valence-electron chi connectivity index (χ4n) is 7.24. The van der Waals surface area contributed by atoms with Gasteiger partial charge < -0.3 is 20.6 Å². The summed E-state index contributed by atoms with van der Waals surface area (Å²) in [5.74, 6) is -1.98. The Hall–Kier alpha value is -3.62. The molecule has 2 bridgehead atoms. The number of carbonyl (C=O) groups is 3. The lowest BCUT2D eigenvalue weighted by atomic mass is 9.65. The Balaban J connectivity index is 1.44. The largest absolute Gasteiger partial charge is 0.394 e. The molecule has 3 amide bonds. The van der Waals surface area contributed by atoms with Gasteiger partial charge in [0.1, 0.15) is 6.04 Å². The summed E-state index contributed by atoms with van der Waals surface area (Å²) in [6.45, 7) is 5.67. The number of aliphatic hydroxyl groups excluding tert-OH is 1. The molecular formula is C33H35N3O4S. The van der Waals surface area contributed by atoms with Crippen LogP contribution in [0.15, 0.2) is 78.9 Å². The highest BCUT2D eigenvalue weighted by Gasteiger charge is 2.76. The first-order valence-electron chi connectivity index (χ1n) is 14.2. The molecule has 0 aromatic heterocycles. The Morgan fingerprint density at radius 2 is 1.68 bits per heavy atom. The van der Waals surface area contributed by atoms with Crippen LogP contribution in [0.1, 0.15) is 36.1 Å². The Bertz CT molecular complexity index is 1480. The minimum atomic E-state index is -0.864. The fourth-order valence-corrected chi connectivity index (χ4v) is 9.65. The molecule has 3 aliphatic rings. The predicted octanol–water partition coefficient (Wildman–Crippen LogP) is 4.95. The molecule has 3 unspecified atom stereocenters. The summed E-state index contributed by atoms with van der Waals surface area (Å²) in [5, 5.41) is 16.8. The molecule has 3 aliphatic heterocycles. The number of nitrogens with zero attached hydrogens (tertiary/aromatic N) is 1. The number of nitrogens with one attached hydrogen (secondary N) is 2. The monoisotopic (exact) mass is 569 g/mol. The van der Waals surface area contributed by atoms with Gasteiger partial charge in [-0.25, -0.2) is 0 Å². The van der Waals surface area contributed by atoms with Gasteiger partial charge >= 0.3 is 0 Å². The van der Waals surface area contributed by atoms with Gasteiger partial charge in [0.05, 0.1) is 29.2 Å². The summed E-state index contributed by atoms with van der Waals surface area (Å²) in [4.78, 5) is 44.4. The number of hydrogen-bond acceptors (Lipinski definition) is 5. The number of para-hydroxylation sites is 1. The van der Waals surface area contributed by atoms with Crippen molar-refractivity contribution in [2.75, 3.05) is 17.2 Å². The lowest BCUT2D eigenvalue weighted by Gasteiger charge is -2.40. The summed E-state index contributed by atoms with van der Waals surface area (Å²) in [5.41, 5.74) is 4.07. The molecule has 8 heteroatoms. The molecule has 3 N–H and O–H groups in total. The minimum Gasteiger partial charge on any atom is -0.394 e. The molecule has 3 heterocycles. The highest BCUT2D eigenvalue weighted by molar-refractivity contribution is 8.02. The van der Waals surface area contributed by atoms with E-state index in [1.165, 1.54) is 0 Å². The number of benzene rings is 3. The maximum Gasteiger partial charge on any atom is 0.248 e. The second kappa shape index (κ2) is 10.7. The molecule has 7 nitrogen and oxygen atoms in total. The molecule has 3 saturated heterocycles. The van der Waals surface area contributed by atoms with Crippen LogP contribution >= 0.6 is 11.8 Å². The van der Waals surface area contributed by atoms with E-state index >= 15 is 0 Å². The second-order valence-electron chi connectivity index (χ2n) is 11.6. The van der Waals surface area contributed by atoms with Crippen LogP contribution in [-0.2, 0) is 14.4 Å². The number of likely N-dealkylation sites (tertiary alicyclic amines) is 1. The Morgan fingerprint density at radius 1 is 1.00 bits per heavy atom. The number of thioether (sulfide) groups is 1. The van der Waals surface area contributed by atoms with Gasteiger partial charge in [0.25, 0.3) is 0 Å².